The highest BCUT2D eigenvalue weighted by molar-refractivity contribution is 5.77. The van der Waals surface area contributed by atoms with Crippen LogP contribution < -0.4 is 0 Å². The molecule has 0 aliphatic carbocycles. The van der Waals surface area contributed by atoms with Gasteiger partial charge in [0.05, 0.1) is 0 Å². The molecule has 2 aliphatic heterocycles. The third-order valence-electron chi connectivity index (χ3n) is 5.07. The Hall–Kier alpha value is -1.06. The maximum Gasteiger partial charge on any atom is 0.222 e. The normalized spacial score (nSPS) is 29.0. The molecule has 0 aromatic heterocycles. The largest absolute Gasteiger partial charge is 0.345 e. The van der Waals surface area contributed by atoms with Gasteiger partial charge in [-0.25, -0.2) is 0 Å². The minimum absolute atomic E-state index is 0.0711. The van der Waals surface area contributed by atoms with Crippen molar-refractivity contribution in [3.63, 3.8) is 0 Å². The number of likely N-dealkylation sites (tertiary alicyclic amines) is 2. The molecule has 114 valence electrons. The molecule has 4 heteroatoms. The van der Waals surface area contributed by atoms with Crippen LogP contribution in [0.5, 0.6) is 0 Å². The molecule has 1 unspecified atom stereocenters. The monoisotopic (exact) mass is 280 g/mol. The van der Waals surface area contributed by atoms with Crippen molar-refractivity contribution in [2.45, 2.75) is 46.5 Å². The van der Waals surface area contributed by atoms with Crippen molar-refractivity contribution in [1.29, 1.82) is 0 Å². The van der Waals surface area contributed by atoms with Crippen molar-refractivity contribution in [1.82, 2.24) is 9.80 Å². The van der Waals surface area contributed by atoms with Gasteiger partial charge in [-0.15, -0.1) is 0 Å². The summed E-state index contributed by atoms with van der Waals surface area (Å²) in [6, 6.07) is 0. The van der Waals surface area contributed by atoms with Crippen LogP contribution in [0.3, 0.4) is 0 Å². The number of carbonyl (C=O) groups is 2. The fraction of sp³-hybridized carbons (Fsp3) is 0.875. The standard InChI is InChI=1S/C16H28N2O2/c1-12-5-7-15(20)18(9-12)11-16(2,3)13-6-8-14(19)17(4)10-13/h12-13H,5-11H2,1-4H3/t12-,13?/m0/s1. The second-order valence-corrected chi connectivity index (χ2v) is 7.42. The lowest BCUT2D eigenvalue weighted by Gasteiger charge is -2.44. The van der Waals surface area contributed by atoms with Crippen LogP contribution in [-0.4, -0.2) is 48.3 Å². The van der Waals surface area contributed by atoms with Gasteiger partial charge in [-0.3, -0.25) is 9.59 Å². The highest BCUT2D eigenvalue weighted by Gasteiger charge is 2.37. The molecule has 0 saturated carbocycles. The zero-order chi connectivity index (χ0) is 14.9. The molecule has 0 aromatic rings. The van der Waals surface area contributed by atoms with E-state index in [0.717, 1.165) is 32.5 Å². The molecule has 2 fully saturated rings. The molecular formula is C16H28N2O2. The first-order chi connectivity index (χ1) is 9.29. The van der Waals surface area contributed by atoms with E-state index in [1.807, 2.05) is 16.8 Å². The molecule has 2 atom stereocenters. The van der Waals surface area contributed by atoms with E-state index in [4.69, 9.17) is 0 Å². The minimum Gasteiger partial charge on any atom is -0.345 e. The fourth-order valence-corrected chi connectivity index (χ4v) is 3.52. The summed E-state index contributed by atoms with van der Waals surface area (Å²) in [6.45, 7) is 9.25. The van der Waals surface area contributed by atoms with E-state index in [2.05, 4.69) is 20.8 Å². The van der Waals surface area contributed by atoms with Gasteiger partial charge >= 0.3 is 0 Å². The lowest BCUT2D eigenvalue weighted by molar-refractivity contribution is -0.139. The van der Waals surface area contributed by atoms with E-state index in [-0.39, 0.29) is 11.3 Å². The third kappa shape index (κ3) is 3.33. The Morgan fingerprint density at radius 1 is 1.10 bits per heavy atom. The van der Waals surface area contributed by atoms with Crippen LogP contribution in [0.4, 0.5) is 0 Å². The number of nitrogens with zero attached hydrogens (tertiary/aromatic N) is 2. The number of amides is 2. The Balaban J connectivity index is 1.99. The molecule has 0 spiro atoms. The number of hydrogen-bond acceptors (Lipinski definition) is 2. The maximum absolute atomic E-state index is 12.1. The number of rotatable bonds is 3. The molecular weight excluding hydrogens is 252 g/mol. The molecule has 2 amide bonds. The second-order valence-electron chi connectivity index (χ2n) is 7.42. The first-order valence-electron chi connectivity index (χ1n) is 7.81. The van der Waals surface area contributed by atoms with E-state index in [0.29, 0.717) is 30.6 Å². The third-order valence-corrected chi connectivity index (χ3v) is 5.07. The highest BCUT2D eigenvalue weighted by Crippen LogP contribution is 2.35. The predicted octanol–water partition coefficient (Wildman–Crippen LogP) is 2.14. The minimum atomic E-state index is 0.0711. The maximum atomic E-state index is 12.1. The molecule has 2 aliphatic rings. The molecule has 0 bridgehead atoms. The summed E-state index contributed by atoms with van der Waals surface area (Å²) in [5, 5.41) is 0. The van der Waals surface area contributed by atoms with Crippen LogP contribution >= 0.6 is 0 Å². The van der Waals surface area contributed by atoms with Crippen molar-refractivity contribution in [2.75, 3.05) is 26.7 Å². The van der Waals surface area contributed by atoms with Crippen molar-refractivity contribution >= 4 is 11.8 Å². The topological polar surface area (TPSA) is 40.6 Å². The van der Waals surface area contributed by atoms with Crippen LogP contribution in [0.15, 0.2) is 0 Å². The first kappa shape index (κ1) is 15.3. The zero-order valence-electron chi connectivity index (χ0n) is 13.3. The molecule has 0 N–H and O–H groups in total. The lowest BCUT2D eigenvalue weighted by Crippen LogP contribution is -2.50. The summed E-state index contributed by atoms with van der Waals surface area (Å²) in [4.78, 5) is 27.6. The van der Waals surface area contributed by atoms with Crippen molar-refractivity contribution < 1.29 is 9.59 Å². The van der Waals surface area contributed by atoms with Crippen molar-refractivity contribution in [3.8, 4) is 0 Å². The summed E-state index contributed by atoms with van der Waals surface area (Å²) in [6.07, 6.45) is 3.32. The van der Waals surface area contributed by atoms with E-state index in [1.54, 1.807) is 0 Å². The second kappa shape index (κ2) is 5.74. The number of piperidine rings is 2. The predicted molar refractivity (Wildman–Crippen MR) is 79.1 cm³/mol. The van der Waals surface area contributed by atoms with E-state index >= 15 is 0 Å². The summed E-state index contributed by atoms with van der Waals surface area (Å²) in [7, 11) is 1.89. The van der Waals surface area contributed by atoms with Crippen LogP contribution in [0, 0.1) is 17.3 Å². The Kier molecular flexibility index (Phi) is 4.40. The Bertz CT molecular complexity index is 392. The van der Waals surface area contributed by atoms with Gasteiger partial charge in [-0.1, -0.05) is 20.8 Å². The average molecular weight is 280 g/mol. The molecule has 2 saturated heterocycles. The zero-order valence-corrected chi connectivity index (χ0v) is 13.3. The average Bonchev–Trinajstić information content (AvgIpc) is 2.36. The van der Waals surface area contributed by atoms with Crippen LogP contribution in [0.2, 0.25) is 0 Å². The Labute approximate surface area is 122 Å². The Morgan fingerprint density at radius 3 is 2.40 bits per heavy atom. The summed E-state index contributed by atoms with van der Waals surface area (Å²) < 4.78 is 0. The summed E-state index contributed by atoms with van der Waals surface area (Å²) in [5.41, 5.74) is 0.0711. The van der Waals surface area contributed by atoms with E-state index in [9.17, 15) is 9.59 Å². The van der Waals surface area contributed by atoms with Gasteiger partial charge in [-0.2, -0.15) is 0 Å². The van der Waals surface area contributed by atoms with Gasteiger partial charge in [0.2, 0.25) is 11.8 Å². The number of hydrogen-bond donors (Lipinski definition) is 0. The molecule has 2 rings (SSSR count). The molecule has 2 heterocycles. The highest BCUT2D eigenvalue weighted by atomic mass is 16.2. The van der Waals surface area contributed by atoms with Crippen LogP contribution in [0.25, 0.3) is 0 Å². The number of carbonyl (C=O) groups excluding carboxylic acids is 2. The first-order valence-corrected chi connectivity index (χ1v) is 7.81. The van der Waals surface area contributed by atoms with Gasteiger partial charge in [0.1, 0.15) is 0 Å². The van der Waals surface area contributed by atoms with Gasteiger partial charge in [0.15, 0.2) is 0 Å². The van der Waals surface area contributed by atoms with Crippen molar-refractivity contribution in [2.24, 2.45) is 17.3 Å². The van der Waals surface area contributed by atoms with Crippen LogP contribution in [-0.2, 0) is 9.59 Å². The molecule has 0 radical (unpaired) electrons. The molecule has 0 aromatic carbocycles. The van der Waals surface area contributed by atoms with Crippen molar-refractivity contribution in [3.05, 3.63) is 0 Å². The van der Waals surface area contributed by atoms with E-state index < -0.39 is 0 Å². The van der Waals surface area contributed by atoms with Gasteiger partial charge in [0.25, 0.3) is 0 Å². The SMILES string of the molecule is C[C@H]1CCC(=O)N(CC(C)(C)C2CCC(=O)N(C)C2)C1. The van der Waals surface area contributed by atoms with Gasteiger partial charge < -0.3 is 9.80 Å². The quantitative estimate of drug-likeness (QED) is 0.794. The molecule has 20 heavy (non-hydrogen) atoms. The van der Waals surface area contributed by atoms with Crippen LogP contribution in [0.1, 0.15) is 46.5 Å². The smallest absolute Gasteiger partial charge is 0.222 e. The molecule has 4 nitrogen and oxygen atoms in total. The summed E-state index contributed by atoms with van der Waals surface area (Å²) in [5.74, 6) is 1.64. The van der Waals surface area contributed by atoms with Gasteiger partial charge in [-0.05, 0) is 30.1 Å². The lowest BCUT2D eigenvalue weighted by atomic mass is 9.74. The van der Waals surface area contributed by atoms with Gasteiger partial charge in [0, 0.05) is 39.5 Å². The van der Waals surface area contributed by atoms with E-state index in [1.165, 1.54) is 0 Å². The Morgan fingerprint density at radius 2 is 1.75 bits per heavy atom. The fourth-order valence-electron chi connectivity index (χ4n) is 3.52. The summed E-state index contributed by atoms with van der Waals surface area (Å²) >= 11 is 0.